The molecule has 146 valence electrons. The van der Waals surface area contributed by atoms with Crippen molar-refractivity contribution in [2.24, 2.45) is 5.92 Å². The van der Waals surface area contributed by atoms with Crippen LogP contribution in [0.25, 0.3) is 10.9 Å². The van der Waals surface area contributed by atoms with Crippen LogP contribution in [0.1, 0.15) is 37.9 Å². The topological polar surface area (TPSA) is 65.2 Å². The van der Waals surface area contributed by atoms with Crippen molar-refractivity contribution < 1.29 is 9.59 Å². The summed E-state index contributed by atoms with van der Waals surface area (Å²) in [5.74, 6) is -0.0400. The van der Waals surface area contributed by atoms with E-state index in [0.29, 0.717) is 13.1 Å². The van der Waals surface area contributed by atoms with Crippen LogP contribution >= 0.6 is 0 Å². The second-order valence-electron chi connectivity index (χ2n) is 7.46. The van der Waals surface area contributed by atoms with E-state index in [2.05, 4.69) is 10.3 Å². The lowest BCUT2D eigenvalue weighted by atomic mass is 10.0. The summed E-state index contributed by atoms with van der Waals surface area (Å²) < 4.78 is 0. The molecule has 0 spiro atoms. The van der Waals surface area contributed by atoms with Gasteiger partial charge in [0.1, 0.15) is 6.04 Å². The summed E-state index contributed by atoms with van der Waals surface area (Å²) in [7, 11) is 0. The van der Waals surface area contributed by atoms with Crippen LogP contribution in [-0.4, -0.2) is 28.2 Å². The van der Waals surface area contributed by atoms with Gasteiger partial charge in [-0.3, -0.25) is 9.59 Å². The zero-order chi connectivity index (χ0) is 20.1. The Morgan fingerprint density at radius 3 is 2.39 bits per heavy atom. The van der Waals surface area contributed by atoms with Crippen LogP contribution in [0.2, 0.25) is 0 Å². The monoisotopic (exact) mass is 377 g/mol. The summed E-state index contributed by atoms with van der Waals surface area (Å²) in [5.41, 5.74) is 2.79. The van der Waals surface area contributed by atoms with E-state index >= 15 is 0 Å². The van der Waals surface area contributed by atoms with E-state index in [0.717, 1.165) is 22.0 Å². The van der Waals surface area contributed by atoms with Crippen LogP contribution in [0.3, 0.4) is 0 Å². The van der Waals surface area contributed by atoms with Crippen LogP contribution < -0.4 is 5.32 Å². The molecule has 5 heteroatoms. The molecule has 2 aromatic carbocycles. The first kappa shape index (κ1) is 19.7. The van der Waals surface area contributed by atoms with Crippen LogP contribution in [-0.2, 0) is 16.1 Å². The first-order valence-electron chi connectivity index (χ1n) is 9.62. The number of nitrogens with one attached hydrogen (secondary N) is 2. The van der Waals surface area contributed by atoms with Gasteiger partial charge in [0.2, 0.25) is 11.8 Å². The van der Waals surface area contributed by atoms with Gasteiger partial charge in [0.05, 0.1) is 0 Å². The van der Waals surface area contributed by atoms with Crippen LogP contribution in [0.15, 0.2) is 60.8 Å². The summed E-state index contributed by atoms with van der Waals surface area (Å²) in [6.07, 6.45) is 1.84. The number of aromatic amines is 1. The molecule has 1 atom stereocenters. The Labute approximate surface area is 165 Å². The third-order valence-corrected chi connectivity index (χ3v) is 4.75. The van der Waals surface area contributed by atoms with Crippen molar-refractivity contribution in [1.82, 2.24) is 15.2 Å². The molecule has 2 N–H and O–H groups in total. The highest BCUT2D eigenvalue weighted by Gasteiger charge is 2.31. The molecule has 3 aromatic rings. The molecule has 3 rings (SSSR count). The van der Waals surface area contributed by atoms with Gasteiger partial charge in [-0.15, -0.1) is 0 Å². The number of fused-ring (bicyclic) bond motifs is 1. The molecule has 1 heterocycles. The molecule has 5 nitrogen and oxygen atoms in total. The highest BCUT2D eigenvalue weighted by molar-refractivity contribution is 5.94. The van der Waals surface area contributed by atoms with Crippen molar-refractivity contribution in [3.8, 4) is 0 Å². The van der Waals surface area contributed by atoms with Gasteiger partial charge in [-0.25, -0.2) is 0 Å². The first-order valence-corrected chi connectivity index (χ1v) is 9.62. The zero-order valence-electron chi connectivity index (χ0n) is 16.6. The molecule has 0 saturated carbocycles. The summed E-state index contributed by atoms with van der Waals surface area (Å²) in [6, 6.07) is 16.9. The molecular formula is C23H27N3O2. The smallest absolute Gasteiger partial charge is 0.247 e. The lowest BCUT2D eigenvalue weighted by Crippen LogP contribution is -2.44. The number of amides is 2. The third-order valence-electron chi connectivity index (χ3n) is 4.75. The molecule has 0 aliphatic carbocycles. The van der Waals surface area contributed by atoms with E-state index in [4.69, 9.17) is 0 Å². The summed E-state index contributed by atoms with van der Waals surface area (Å²) in [6.45, 7) is 6.55. The van der Waals surface area contributed by atoms with Gasteiger partial charge in [-0.05, 0) is 17.5 Å². The minimum absolute atomic E-state index is 0.112. The summed E-state index contributed by atoms with van der Waals surface area (Å²) in [4.78, 5) is 30.6. The maximum atomic E-state index is 13.3. The minimum Gasteiger partial charge on any atom is -0.361 e. The number of hydrogen-bond acceptors (Lipinski definition) is 2. The second-order valence-corrected chi connectivity index (χ2v) is 7.46. The molecule has 0 radical (unpaired) electrons. The van der Waals surface area contributed by atoms with Gasteiger partial charge in [-0.2, -0.15) is 0 Å². The number of benzene rings is 2. The largest absolute Gasteiger partial charge is 0.361 e. The van der Waals surface area contributed by atoms with Gasteiger partial charge in [-0.1, -0.05) is 62.4 Å². The quantitative estimate of drug-likeness (QED) is 0.653. The number of rotatable bonds is 7. The Morgan fingerprint density at radius 1 is 1.04 bits per heavy atom. The number of H-pyrrole nitrogens is 1. The molecule has 0 aliphatic rings. The third kappa shape index (κ3) is 4.42. The number of nitrogens with zero attached hydrogens (tertiary/aromatic N) is 1. The maximum absolute atomic E-state index is 13.3. The van der Waals surface area contributed by atoms with Gasteiger partial charge in [0, 0.05) is 42.7 Å². The van der Waals surface area contributed by atoms with Gasteiger partial charge >= 0.3 is 0 Å². The van der Waals surface area contributed by atoms with E-state index in [-0.39, 0.29) is 17.7 Å². The lowest BCUT2D eigenvalue weighted by Gasteiger charge is -2.31. The SMILES string of the molecule is CC(=O)N(CC(C)C)C(C(=O)NCc1ccccc1)c1c[nH]c2ccccc12. The molecule has 1 unspecified atom stereocenters. The number of carbonyl (C=O) groups excluding carboxylic acids is 2. The molecule has 1 aromatic heterocycles. The number of aromatic nitrogens is 1. The molecule has 0 saturated heterocycles. The van der Waals surface area contributed by atoms with E-state index < -0.39 is 6.04 Å². The lowest BCUT2D eigenvalue weighted by molar-refractivity contribution is -0.139. The van der Waals surface area contributed by atoms with E-state index in [1.807, 2.05) is 74.6 Å². The Morgan fingerprint density at radius 2 is 1.71 bits per heavy atom. The fourth-order valence-electron chi connectivity index (χ4n) is 3.46. The van der Waals surface area contributed by atoms with Crippen LogP contribution in [0.4, 0.5) is 0 Å². The van der Waals surface area contributed by atoms with Crippen molar-refractivity contribution in [3.63, 3.8) is 0 Å². The Hall–Kier alpha value is -3.08. The van der Waals surface area contributed by atoms with E-state index in [1.54, 1.807) is 4.90 Å². The van der Waals surface area contributed by atoms with Crippen LogP contribution in [0, 0.1) is 5.92 Å². The van der Waals surface area contributed by atoms with Crippen molar-refractivity contribution in [3.05, 3.63) is 71.9 Å². The maximum Gasteiger partial charge on any atom is 0.247 e. The Bertz CT molecular complexity index is 947. The number of carbonyl (C=O) groups is 2. The normalized spacial score (nSPS) is 12.1. The van der Waals surface area contributed by atoms with Crippen molar-refractivity contribution >= 4 is 22.7 Å². The van der Waals surface area contributed by atoms with Gasteiger partial charge in [0.15, 0.2) is 0 Å². The van der Waals surface area contributed by atoms with Gasteiger partial charge < -0.3 is 15.2 Å². The molecule has 0 aliphatic heterocycles. The van der Waals surface area contributed by atoms with E-state index in [9.17, 15) is 9.59 Å². The van der Waals surface area contributed by atoms with Crippen molar-refractivity contribution in [2.75, 3.05) is 6.54 Å². The standard InChI is InChI=1S/C23H27N3O2/c1-16(2)15-26(17(3)27)22(20-14-24-21-12-8-7-11-19(20)21)23(28)25-13-18-9-5-4-6-10-18/h4-12,14,16,22,24H,13,15H2,1-3H3,(H,25,28). The molecular weight excluding hydrogens is 350 g/mol. The summed E-state index contributed by atoms with van der Waals surface area (Å²) >= 11 is 0. The average Bonchev–Trinajstić information content (AvgIpc) is 3.10. The van der Waals surface area contributed by atoms with Gasteiger partial charge in [0.25, 0.3) is 0 Å². The van der Waals surface area contributed by atoms with Crippen molar-refractivity contribution in [2.45, 2.75) is 33.4 Å². The molecule has 0 fully saturated rings. The second kappa shape index (κ2) is 8.74. The average molecular weight is 377 g/mol. The molecule has 28 heavy (non-hydrogen) atoms. The fraction of sp³-hybridized carbons (Fsp3) is 0.304. The van der Waals surface area contributed by atoms with E-state index in [1.165, 1.54) is 6.92 Å². The minimum atomic E-state index is -0.681. The summed E-state index contributed by atoms with van der Waals surface area (Å²) in [5, 5.41) is 3.97. The first-order chi connectivity index (χ1) is 13.5. The fourth-order valence-corrected chi connectivity index (χ4v) is 3.46. The molecule has 0 bridgehead atoms. The highest BCUT2D eigenvalue weighted by Crippen LogP contribution is 2.29. The van der Waals surface area contributed by atoms with Crippen molar-refractivity contribution in [1.29, 1.82) is 0 Å². The predicted molar refractivity (Wildman–Crippen MR) is 112 cm³/mol. The predicted octanol–water partition coefficient (Wildman–Crippen LogP) is 4.03. The molecule has 2 amide bonds. The Kier molecular flexibility index (Phi) is 6.14. The highest BCUT2D eigenvalue weighted by atomic mass is 16.2. The number of hydrogen-bond donors (Lipinski definition) is 2. The number of para-hydroxylation sites is 1. The Balaban J connectivity index is 1.95. The zero-order valence-corrected chi connectivity index (χ0v) is 16.6. The van der Waals surface area contributed by atoms with Crippen LogP contribution in [0.5, 0.6) is 0 Å².